The molecule has 0 saturated carbocycles. The molecule has 0 bridgehead atoms. The van der Waals surface area contributed by atoms with Gasteiger partial charge < -0.3 is 10.6 Å². The van der Waals surface area contributed by atoms with E-state index in [-0.39, 0.29) is 22.3 Å². The van der Waals surface area contributed by atoms with Gasteiger partial charge in [0.15, 0.2) is 0 Å². The lowest BCUT2D eigenvalue weighted by molar-refractivity contribution is 0.0949. The second kappa shape index (κ2) is 8.05. The summed E-state index contributed by atoms with van der Waals surface area (Å²) in [6, 6.07) is 21.3. The molecule has 2 N–H and O–H groups in total. The maximum absolute atomic E-state index is 12.7. The SMILES string of the molecule is C/C=S1/c2ccc(C(=O)NCc3ccc(C)cc3)cc2NC(=O)c2ccccc21. The standard InChI is InChI=1S/C24H22N2O2S/c1-3-29-21-7-5-4-6-19(21)24(28)26-20-14-18(12-13-22(20)29)23(27)25-15-17-10-8-16(2)9-11-17/h3-14H,15H2,1-2H3,(H,25,27)(H,26,28). The van der Waals surface area contributed by atoms with Gasteiger partial charge >= 0.3 is 0 Å². The molecule has 4 nitrogen and oxygen atoms in total. The Balaban J connectivity index is 1.62. The summed E-state index contributed by atoms with van der Waals surface area (Å²) in [5.41, 5.74) is 4.13. The minimum absolute atomic E-state index is 0.143. The molecule has 0 spiro atoms. The Kier molecular flexibility index (Phi) is 5.32. The van der Waals surface area contributed by atoms with Gasteiger partial charge in [-0.3, -0.25) is 9.59 Å². The van der Waals surface area contributed by atoms with Crippen LogP contribution in [0.2, 0.25) is 0 Å². The minimum Gasteiger partial charge on any atom is -0.348 e. The summed E-state index contributed by atoms with van der Waals surface area (Å²) in [5.74, 6) is -0.305. The number of hydrogen-bond acceptors (Lipinski definition) is 2. The highest BCUT2D eigenvalue weighted by Gasteiger charge is 2.22. The van der Waals surface area contributed by atoms with Crippen LogP contribution >= 0.6 is 10.5 Å². The van der Waals surface area contributed by atoms with E-state index in [9.17, 15) is 9.59 Å². The van der Waals surface area contributed by atoms with E-state index in [1.807, 2.05) is 74.5 Å². The van der Waals surface area contributed by atoms with Crippen LogP contribution < -0.4 is 10.6 Å². The maximum atomic E-state index is 12.7. The molecule has 146 valence electrons. The first-order valence-corrected chi connectivity index (χ1v) is 10.8. The fraction of sp³-hybridized carbons (Fsp3) is 0.125. The lowest BCUT2D eigenvalue weighted by atomic mass is 10.1. The molecule has 4 rings (SSSR count). The predicted molar refractivity (Wildman–Crippen MR) is 119 cm³/mol. The Bertz CT molecular complexity index is 1130. The Hall–Kier alpha value is -3.18. The molecule has 3 aromatic carbocycles. The average Bonchev–Trinajstić information content (AvgIpc) is 2.86. The quantitative estimate of drug-likeness (QED) is 0.606. The number of rotatable bonds is 3. The van der Waals surface area contributed by atoms with Crippen LogP contribution in [0.25, 0.3) is 0 Å². The first kappa shape index (κ1) is 19.2. The van der Waals surface area contributed by atoms with Crippen molar-refractivity contribution in [1.29, 1.82) is 0 Å². The molecule has 0 aromatic heterocycles. The zero-order valence-corrected chi connectivity index (χ0v) is 17.2. The molecule has 0 saturated heterocycles. The van der Waals surface area contributed by atoms with Crippen molar-refractivity contribution in [1.82, 2.24) is 5.32 Å². The highest BCUT2D eigenvalue weighted by atomic mass is 32.2. The van der Waals surface area contributed by atoms with Crippen LogP contribution in [0, 0.1) is 6.92 Å². The van der Waals surface area contributed by atoms with Gasteiger partial charge in [0.25, 0.3) is 11.8 Å². The van der Waals surface area contributed by atoms with Crippen LogP contribution in [0.3, 0.4) is 0 Å². The molecule has 5 heteroatoms. The van der Waals surface area contributed by atoms with Gasteiger partial charge in [-0.25, -0.2) is 0 Å². The first-order chi connectivity index (χ1) is 14.1. The molecule has 1 atom stereocenters. The van der Waals surface area contributed by atoms with E-state index in [4.69, 9.17) is 0 Å². The zero-order chi connectivity index (χ0) is 20.4. The number of hydrogen-bond donors (Lipinski definition) is 2. The van der Waals surface area contributed by atoms with Gasteiger partial charge in [-0.2, -0.15) is 0 Å². The van der Waals surface area contributed by atoms with Crippen molar-refractivity contribution in [2.45, 2.75) is 30.2 Å². The largest absolute Gasteiger partial charge is 0.348 e. The fourth-order valence-corrected chi connectivity index (χ4v) is 5.29. The van der Waals surface area contributed by atoms with Crippen molar-refractivity contribution in [2.75, 3.05) is 5.32 Å². The summed E-state index contributed by atoms with van der Waals surface area (Å²) >= 11 is 0. The number of carbonyl (C=O) groups excluding carboxylic acids is 2. The third-order valence-electron chi connectivity index (χ3n) is 4.90. The minimum atomic E-state index is -0.337. The van der Waals surface area contributed by atoms with Crippen LogP contribution in [-0.4, -0.2) is 17.2 Å². The van der Waals surface area contributed by atoms with Crippen molar-refractivity contribution in [2.24, 2.45) is 0 Å². The Morgan fingerprint density at radius 1 is 1.03 bits per heavy atom. The van der Waals surface area contributed by atoms with Gasteiger partial charge in [0, 0.05) is 21.9 Å². The van der Waals surface area contributed by atoms with Gasteiger partial charge in [0.2, 0.25) is 0 Å². The van der Waals surface area contributed by atoms with E-state index < -0.39 is 0 Å². The highest BCUT2D eigenvalue weighted by Crippen LogP contribution is 2.44. The normalized spacial score (nSPS) is 15.1. The summed E-state index contributed by atoms with van der Waals surface area (Å²) < 4.78 is 0. The number of aryl methyl sites for hydroxylation is 1. The van der Waals surface area contributed by atoms with Gasteiger partial charge in [0.1, 0.15) is 0 Å². The van der Waals surface area contributed by atoms with Crippen molar-refractivity contribution < 1.29 is 9.59 Å². The Morgan fingerprint density at radius 3 is 2.55 bits per heavy atom. The third-order valence-corrected chi connectivity index (χ3v) is 7.04. The van der Waals surface area contributed by atoms with E-state index in [0.717, 1.165) is 15.4 Å². The molecule has 1 heterocycles. The number of carbonyl (C=O) groups is 2. The molecule has 2 amide bonds. The number of anilines is 1. The number of fused-ring (bicyclic) bond motifs is 2. The second-order valence-electron chi connectivity index (χ2n) is 6.90. The number of benzene rings is 3. The lowest BCUT2D eigenvalue weighted by Crippen LogP contribution is -2.23. The van der Waals surface area contributed by atoms with Crippen molar-refractivity contribution in [3.63, 3.8) is 0 Å². The molecule has 0 aliphatic carbocycles. The summed E-state index contributed by atoms with van der Waals surface area (Å²) in [4.78, 5) is 27.4. The molecule has 29 heavy (non-hydrogen) atoms. The second-order valence-corrected chi connectivity index (χ2v) is 8.93. The van der Waals surface area contributed by atoms with Crippen LogP contribution in [0.15, 0.2) is 76.5 Å². The molecule has 1 aliphatic rings. The topological polar surface area (TPSA) is 58.2 Å². The van der Waals surface area contributed by atoms with Gasteiger partial charge in [-0.05, 0) is 49.7 Å². The first-order valence-electron chi connectivity index (χ1n) is 9.47. The van der Waals surface area contributed by atoms with Gasteiger partial charge in [0.05, 0.1) is 11.3 Å². The monoisotopic (exact) mass is 402 g/mol. The smallest absolute Gasteiger partial charge is 0.256 e. The molecule has 1 unspecified atom stereocenters. The molecule has 0 fully saturated rings. The van der Waals surface area contributed by atoms with Crippen LogP contribution in [0.1, 0.15) is 38.8 Å². The molecule has 0 radical (unpaired) electrons. The fourth-order valence-electron chi connectivity index (χ4n) is 3.36. The summed E-state index contributed by atoms with van der Waals surface area (Å²) in [5, 5.41) is 8.05. The third kappa shape index (κ3) is 3.87. The molecule has 3 aromatic rings. The number of nitrogens with one attached hydrogen (secondary N) is 2. The molecule has 1 aliphatic heterocycles. The highest BCUT2D eigenvalue weighted by molar-refractivity contribution is 8.15. The van der Waals surface area contributed by atoms with Crippen molar-refractivity contribution >= 4 is 33.4 Å². The summed E-state index contributed by atoms with van der Waals surface area (Å²) in [6.45, 7) is 4.50. The van der Waals surface area contributed by atoms with Crippen LogP contribution in [0.5, 0.6) is 0 Å². The van der Waals surface area contributed by atoms with Crippen LogP contribution in [0.4, 0.5) is 5.69 Å². The van der Waals surface area contributed by atoms with Crippen LogP contribution in [-0.2, 0) is 6.54 Å². The Labute approximate surface area is 172 Å². The van der Waals surface area contributed by atoms with E-state index in [0.29, 0.717) is 23.4 Å². The Morgan fingerprint density at radius 2 is 1.79 bits per heavy atom. The van der Waals surface area contributed by atoms with E-state index in [1.165, 1.54) is 5.56 Å². The van der Waals surface area contributed by atoms with E-state index in [2.05, 4.69) is 16.0 Å². The van der Waals surface area contributed by atoms with E-state index >= 15 is 0 Å². The average molecular weight is 403 g/mol. The number of amides is 2. The molecular weight excluding hydrogens is 380 g/mol. The summed E-state index contributed by atoms with van der Waals surface area (Å²) in [7, 11) is -0.337. The maximum Gasteiger partial charge on any atom is 0.256 e. The lowest BCUT2D eigenvalue weighted by Gasteiger charge is -2.13. The van der Waals surface area contributed by atoms with E-state index in [1.54, 1.807) is 6.07 Å². The van der Waals surface area contributed by atoms with Gasteiger partial charge in [-0.15, -0.1) is 10.5 Å². The van der Waals surface area contributed by atoms with Crippen molar-refractivity contribution in [3.05, 3.63) is 89.0 Å². The predicted octanol–water partition coefficient (Wildman–Crippen LogP) is 5.00. The van der Waals surface area contributed by atoms with Gasteiger partial charge in [-0.1, -0.05) is 47.3 Å². The summed E-state index contributed by atoms with van der Waals surface area (Å²) in [6.07, 6.45) is 0. The zero-order valence-electron chi connectivity index (χ0n) is 16.4. The molecular formula is C24H22N2O2S. The van der Waals surface area contributed by atoms with Crippen molar-refractivity contribution in [3.8, 4) is 0 Å².